The van der Waals surface area contributed by atoms with Gasteiger partial charge in [0, 0.05) is 11.7 Å². The molecule has 1 aliphatic rings. The number of aromatic nitrogens is 2. The maximum atomic E-state index is 12.6. The zero-order valence-electron chi connectivity index (χ0n) is 16.8. The lowest BCUT2D eigenvalue weighted by Crippen LogP contribution is -2.21. The molecule has 0 spiro atoms. The van der Waals surface area contributed by atoms with Gasteiger partial charge in [0.1, 0.15) is 0 Å². The minimum Gasteiger partial charge on any atom is -0.308 e. The van der Waals surface area contributed by atoms with E-state index < -0.39 is 9.84 Å². The Kier molecular flexibility index (Phi) is 5.79. The van der Waals surface area contributed by atoms with Crippen LogP contribution in [0.4, 0.5) is 16.2 Å². The highest BCUT2D eigenvalue weighted by molar-refractivity contribution is 7.92. The first-order chi connectivity index (χ1) is 13.2. The summed E-state index contributed by atoms with van der Waals surface area (Å²) < 4.78 is 27.1. The van der Waals surface area contributed by atoms with Crippen LogP contribution in [0.1, 0.15) is 57.0 Å². The lowest BCUT2D eigenvalue weighted by molar-refractivity contribution is 0.262. The molecule has 0 aliphatic heterocycles. The van der Waals surface area contributed by atoms with E-state index in [2.05, 4.69) is 15.7 Å². The summed E-state index contributed by atoms with van der Waals surface area (Å²) in [5.74, 6) is 0. The Morgan fingerprint density at radius 1 is 1.11 bits per heavy atom. The lowest BCUT2D eigenvalue weighted by Gasteiger charge is -2.12. The smallest absolute Gasteiger partial charge is 0.308 e. The molecule has 1 aromatic carbocycles. The first kappa shape index (κ1) is 20.4. The van der Waals surface area contributed by atoms with Crippen LogP contribution < -0.4 is 10.6 Å². The van der Waals surface area contributed by atoms with Gasteiger partial charge in [0.25, 0.3) is 0 Å². The Bertz CT molecular complexity index is 956. The molecule has 1 fully saturated rings. The van der Waals surface area contributed by atoms with Crippen molar-refractivity contribution in [1.82, 2.24) is 9.78 Å². The van der Waals surface area contributed by atoms with Crippen LogP contribution in [-0.2, 0) is 9.84 Å². The standard InChI is InChI=1S/C20H28N4O3S/c1-13(2)24-15(4)19(14(3)23-24)22-20(25)21-16-9-11-18(12-10-16)28(26,27)17-7-5-6-8-17/h9-13,17H,5-8H2,1-4H3,(H2,21,22,25). The summed E-state index contributed by atoms with van der Waals surface area (Å²) in [5.41, 5.74) is 2.86. The minimum absolute atomic E-state index is 0.201. The average molecular weight is 405 g/mol. The van der Waals surface area contributed by atoms with Crippen molar-refractivity contribution in [2.75, 3.05) is 10.6 Å². The van der Waals surface area contributed by atoms with Crippen molar-refractivity contribution in [2.45, 2.75) is 69.6 Å². The molecule has 1 aromatic heterocycles. The second-order valence-electron chi connectivity index (χ2n) is 7.64. The van der Waals surface area contributed by atoms with Crippen molar-refractivity contribution in [3.05, 3.63) is 35.7 Å². The molecule has 2 N–H and O–H groups in total. The van der Waals surface area contributed by atoms with Crippen LogP contribution in [0.15, 0.2) is 29.2 Å². The van der Waals surface area contributed by atoms with Crippen LogP contribution in [-0.4, -0.2) is 29.5 Å². The molecule has 0 bridgehead atoms. The van der Waals surface area contributed by atoms with Crippen molar-refractivity contribution < 1.29 is 13.2 Å². The third-order valence-electron chi connectivity index (χ3n) is 5.23. The fraction of sp³-hybridized carbons (Fsp3) is 0.500. The quantitative estimate of drug-likeness (QED) is 0.770. The summed E-state index contributed by atoms with van der Waals surface area (Å²) in [7, 11) is -3.29. The molecule has 0 atom stereocenters. The number of carbonyl (C=O) groups is 1. The number of aryl methyl sites for hydroxylation is 1. The minimum atomic E-state index is -3.29. The number of urea groups is 1. The Morgan fingerprint density at radius 3 is 2.25 bits per heavy atom. The van der Waals surface area contributed by atoms with E-state index in [-0.39, 0.29) is 17.3 Å². The highest BCUT2D eigenvalue weighted by atomic mass is 32.2. The van der Waals surface area contributed by atoms with E-state index in [1.807, 2.05) is 32.4 Å². The second kappa shape index (κ2) is 7.95. The molecule has 152 valence electrons. The van der Waals surface area contributed by atoms with Gasteiger partial charge < -0.3 is 10.6 Å². The van der Waals surface area contributed by atoms with Crippen molar-refractivity contribution in [2.24, 2.45) is 0 Å². The number of carbonyl (C=O) groups excluding carboxylic acids is 1. The van der Waals surface area contributed by atoms with E-state index in [0.717, 1.165) is 37.1 Å². The number of rotatable bonds is 5. The number of nitrogens with one attached hydrogen (secondary N) is 2. The summed E-state index contributed by atoms with van der Waals surface area (Å²) in [6, 6.07) is 6.19. The molecule has 7 nitrogen and oxygen atoms in total. The zero-order chi connectivity index (χ0) is 20.5. The number of hydrogen-bond acceptors (Lipinski definition) is 4. The molecular weight excluding hydrogens is 376 g/mol. The van der Waals surface area contributed by atoms with Crippen molar-refractivity contribution in [1.29, 1.82) is 0 Å². The average Bonchev–Trinajstić information content (AvgIpc) is 3.27. The first-order valence-electron chi connectivity index (χ1n) is 9.68. The predicted octanol–water partition coefficient (Wildman–Crippen LogP) is 4.44. The summed E-state index contributed by atoms with van der Waals surface area (Å²) in [4.78, 5) is 12.7. The highest BCUT2D eigenvalue weighted by Gasteiger charge is 2.30. The van der Waals surface area contributed by atoms with E-state index >= 15 is 0 Å². The van der Waals surface area contributed by atoms with Crippen LogP contribution in [0, 0.1) is 13.8 Å². The molecule has 8 heteroatoms. The van der Waals surface area contributed by atoms with Crippen LogP contribution in [0.5, 0.6) is 0 Å². The fourth-order valence-electron chi connectivity index (χ4n) is 3.74. The Morgan fingerprint density at radius 2 is 1.71 bits per heavy atom. The summed E-state index contributed by atoms with van der Waals surface area (Å²) in [6.45, 7) is 7.83. The van der Waals surface area contributed by atoms with E-state index in [1.54, 1.807) is 24.3 Å². The van der Waals surface area contributed by atoms with Gasteiger partial charge in [-0.05, 0) is 64.8 Å². The maximum absolute atomic E-state index is 12.6. The molecule has 1 saturated carbocycles. The number of sulfone groups is 1. The van der Waals surface area contributed by atoms with Crippen LogP contribution in [0.2, 0.25) is 0 Å². The predicted molar refractivity (Wildman–Crippen MR) is 111 cm³/mol. The molecule has 2 amide bonds. The Balaban J connectivity index is 1.68. The topological polar surface area (TPSA) is 93.1 Å². The van der Waals surface area contributed by atoms with Crippen molar-refractivity contribution in [3.63, 3.8) is 0 Å². The largest absolute Gasteiger partial charge is 0.323 e. The number of nitrogens with zero attached hydrogens (tertiary/aromatic N) is 2. The molecule has 3 rings (SSSR count). The second-order valence-corrected chi connectivity index (χ2v) is 9.87. The van der Waals surface area contributed by atoms with Gasteiger partial charge in [-0.15, -0.1) is 0 Å². The van der Waals surface area contributed by atoms with Crippen LogP contribution >= 0.6 is 0 Å². The van der Waals surface area contributed by atoms with Gasteiger partial charge in [0.15, 0.2) is 9.84 Å². The number of anilines is 2. The summed E-state index contributed by atoms with van der Waals surface area (Å²) in [5, 5.41) is 9.76. The van der Waals surface area contributed by atoms with E-state index in [9.17, 15) is 13.2 Å². The number of hydrogen-bond donors (Lipinski definition) is 2. The number of amides is 2. The molecule has 1 heterocycles. The molecule has 2 aromatic rings. The zero-order valence-corrected chi connectivity index (χ0v) is 17.6. The monoisotopic (exact) mass is 404 g/mol. The molecule has 28 heavy (non-hydrogen) atoms. The number of benzene rings is 1. The molecular formula is C20H28N4O3S. The van der Waals surface area contributed by atoms with Gasteiger partial charge in [-0.3, -0.25) is 4.68 Å². The molecule has 0 saturated heterocycles. The molecule has 0 unspecified atom stereocenters. The van der Waals surface area contributed by atoms with Crippen molar-refractivity contribution >= 4 is 27.2 Å². The Labute approximate surface area is 166 Å². The maximum Gasteiger partial charge on any atom is 0.323 e. The Hall–Kier alpha value is -2.35. The van der Waals surface area contributed by atoms with Crippen molar-refractivity contribution in [3.8, 4) is 0 Å². The lowest BCUT2D eigenvalue weighted by atomic mass is 10.3. The summed E-state index contributed by atoms with van der Waals surface area (Å²) >= 11 is 0. The fourth-order valence-corrected chi connectivity index (χ4v) is 5.60. The van der Waals surface area contributed by atoms with Gasteiger partial charge in [-0.25, -0.2) is 13.2 Å². The van der Waals surface area contributed by atoms with Gasteiger partial charge in [-0.1, -0.05) is 12.8 Å². The van der Waals surface area contributed by atoms with Crippen LogP contribution in [0.3, 0.4) is 0 Å². The normalized spacial score (nSPS) is 15.2. The molecule has 0 radical (unpaired) electrons. The molecule has 1 aliphatic carbocycles. The van der Waals surface area contributed by atoms with Gasteiger partial charge in [0.05, 0.1) is 27.2 Å². The third kappa shape index (κ3) is 4.06. The van der Waals surface area contributed by atoms with Gasteiger partial charge in [-0.2, -0.15) is 5.10 Å². The van der Waals surface area contributed by atoms with Gasteiger partial charge in [0.2, 0.25) is 0 Å². The first-order valence-corrected chi connectivity index (χ1v) is 11.2. The van der Waals surface area contributed by atoms with E-state index in [4.69, 9.17) is 0 Å². The van der Waals surface area contributed by atoms with E-state index in [0.29, 0.717) is 16.3 Å². The van der Waals surface area contributed by atoms with Gasteiger partial charge >= 0.3 is 6.03 Å². The SMILES string of the molecule is Cc1nn(C(C)C)c(C)c1NC(=O)Nc1ccc(S(=O)(=O)C2CCCC2)cc1. The third-order valence-corrected chi connectivity index (χ3v) is 7.51. The van der Waals surface area contributed by atoms with Crippen LogP contribution in [0.25, 0.3) is 0 Å². The summed E-state index contributed by atoms with van der Waals surface area (Å²) in [6.07, 6.45) is 3.40. The van der Waals surface area contributed by atoms with E-state index in [1.165, 1.54) is 0 Å². The highest BCUT2D eigenvalue weighted by Crippen LogP contribution is 2.30.